The van der Waals surface area contributed by atoms with E-state index in [1.54, 1.807) is 25.0 Å². The van der Waals surface area contributed by atoms with Gasteiger partial charge < -0.3 is 14.2 Å². The minimum absolute atomic E-state index is 0.355. The van der Waals surface area contributed by atoms with Gasteiger partial charge in [0, 0.05) is 37.4 Å². The summed E-state index contributed by atoms with van der Waals surface area (Å²) < 4.78 is 18.2. The normalized spacial score (nSPS) is 16.3. The minimum Gasteiger partial charge on any atom is -0.496 e. The molecule has 160 valence electrons. The van der Waals surface area contributed by atoms with Crippen molar-refractivity contribution in [2.75, 3.05) is 33.9 Å². The molecule has 0 radical (unpaired) electrons. The number of benzene rings is 1. The average molecular weight is 403 g/mol. The summed E-state index contributed by atoms with van der Waals surface area (Å²) in [6, 6.07) is 4.03. The number of nitrogens with zero attached hydrogens (tertiary/aromatic N) is 2. The SMILES string of the molecule is COCC1CCN(Cc2c(OC)cc(C)c3c2ccn3C(=O)OC(C)(C)C)CC1. The first-order valence-electron chi connectivity index (χ1n) is 10.4. The first-order valence-corrected chi connectivity index (χ1v) is 10.4. The van der Waals surface area contributed by atoms with Crippen LogP contribution in [0.2, 0.25) is 0 Å². The average Bonchev–Trinajstić information content (AvgIpc) is 3.10. The Morgan fingerprint density at radius 3 is 2.48 bits per heavy atom. The minimum atomic E-state index is -0.538. The maximum absolute atomic E-state index is 12.7. The van der Waals surface area contributed by atoms with Crippen molar-refractivity contribution < 1.29 is 19.0 Å². The van der Waals surface area contributed by atoms with Gasteiger partial charge in [0.2, 0.25) is 0 Å². The highest BCUT2D eigenvalue weighted by Gasteiger charge is 2.24. The van der Waals surface area contributed by atoms with E-state index >= 15 is 0 Å². The highest BCUT2D eigenvalue weighted by molar-refractivity contribution is 5.95. The van der Waals surface area contributed by atoms with Crippen LogP contribution in [0.4, 0.5) is 4.79 Å². The zero-order valence-corrected chi connectivity index (χ0v) is 18.6. The lowest BCUT2D eigenvalue weighted by Crippen LogP contribution is -2.34. The molecular weight excluding hydrogens is 368 g/mol. The molecule has 0 bridgehead atoms. The molecule has 0 saturated carbocycles. The standard InChI is InChI=1S/C23H34N2O4/c1-16-13-20(28-6)19(14-24-10-7-17(8-11-24)15-27-5)18-9-12-25(21(16)18)22(26)29-23(2,3)4/h9,12-13,17H,7-8,10-11,14-15H2,1-6H3. The Morgan fingerprint density at radius 1 is 1.21 bits per heavy atom. The van der Waals surface area contributed by atoms with Crippen LogP contribution in [0.25, 0.3) is 10.9 Å². The molecule has 0 amide bonds. The Bertz CT molecular complexity index is 858. The number of piperidine rings is 1. The number of hydrogen-bond acceptors (Lipinski definition) is 5. The van der Waals surface area contributed by atoms with Gasteiger partial charge in [-0.3, -0.25) is 9.47 Å². The molecule has 1 aliphatic rings. The van der Waals surface area contributed by atoms with Crippen LogP contribution in [-0.4, -0.2) is 55.1 Å². The summed E-state index contributed by atoms with van der Waals surface area (Å²) in [4.78, 5) is 15.2. The van der Waals surface area contributed by atoms with Crippen LogP contribution in [0.5, 0.6) is 5.75 Å². The lowest BCUT2D eigenvalue weighted by Gasteiger charge is -2.32. The summed E-state index contributed by atoms with van der Waals surface area (Å²) in [6.45, 7) is 11.4. The van der Waals surface area contributed by atoms with Crippen LogP contribution in [0.1, 0.15) is 44.7 Å². The quantitative estimate of drug-likeness (QED) is 0.732. The molecule has 6 heteroatoms. The molecule has 2 heterocycles. The van der Waals surface area contributed by atoms with Crippen molar-refractivity contribution in [3.8, 4) is 5.75 Å². The van der Waals surface area contributed by atoms with E-state index in [2.05, 4.69) is 4.90 Å². The Kier molecular flexibility index (Phi) is 6.54. The van der Waals surface area contributed by atoms with Gasteiger partial charge in [-0.2, -0.15) is 0 Å². The number of hydrogen-bond donors (Lipinski definition) is 0. The molecule has 0 spiro atoms. The maximum Gasteiger partial charge on any atom is 0.419 e. The smallest absolute Gasteiger partial charge is 0.419 e. The van der Waals surface area contributed by atoms with Gasteiger partial charge in [-0.15, -0.1) is 0 Å². The van der Waals surface area contributed by atoms with Gasteiger partial charge >= 0.3 is 6.09 Å². The van der Waals surface area contributed by atoms with Gasteiger partial charge in [0.25, 0.3) is 0 Å². The number of carbonyl (C=O) groups excluding carboxylic acids is 1. The van der Waals surface area contributed by atoms with Crippen LogP contribution in [-0.2, 0) is 16.0 Å². The van der Waals surface area contributed by atoms with Crippen molar-refractivity contribution in [2.45, 2.75) is 52.7 Å². The predicted octanol–water partition coefficient (Wildman–Crippen LogP) is 4.60. The molecule has 29 heavy (non-hydrogen) atoms. The molecule has 6 nitrogen and oxygen atoms in total. The van der Waals surface area contributed by atoms with E-state index in [9.17, 15) is 4.79 Å². The lowest BCUT2D eigenvalue weighted by atomic mass is 9.96. The van der Waals surface area contributed by atoms with Gasteiger partial charge in [-0.25, -0.2) is 4.79 Å². The summed E-state index contributed by atoms with van der Waals surface area (Å²) in [5.74, 6) is 1.51. The van der Waals surface area contributed by atoms with Crippen LogP contribution in [0, 0.1) is 12.8 Å². The second-order valence-electron chi connectivity index (χ2n) is 8.98. The molecule has 0 aliphatic carbocycles. The van der Waals surface area contributed by atoms with Crippen molar-refractivity contribution in [2.24, 2.45) is 5.92 Å². The Balaban J connectivity index is 1.91. The number of rotatable bonds is 5. The summed E-state index contributed by atoms with van der Waals surface area (Å²) in [6.07, 6.45) is 3.74. The summed E-state index contributed by atoms with van der Waals surface area (Å²) in [7, 11) is 3.48. The van der Waals surface area contributed by atoms with Crippen molar-refractivity contribution in [3.05, 3.63) is 29.5 Å². The van der Waals surface area contributed by atoms with E-state index in [0.717, 1.165) is 66.9 Å². The van der Waals surface area contributed by atoms with Gasteiger partial charge in [-0.05, 0) is 77.2 Å². The number of fused-ring (bicyclic) bond motifs is 1. The highest BCUT2D eigenvalue weighted by Crippen LogP contribution is 2.34. The van der Waals surface area contributed by atoms with Gasteiger partial charge in [-0.1, -0.05) is 0 Å². The molecular formula is C23H34N2O4. The van der Waals surface area contributed by atoms with Gasteiger partial charge in [0.15, 0.2) is 0 Å². The van der Waals surface area contributed by atoms with Crippen LogP contribution >= 0.6 is 0 Å². The largest absolute Gasteiger partial charge is 0.496 e. The second kappa shape index (κ2) is 8.76. The number of carbonyl (C=O) groups is 1. The molecule has 1 fully saturated rings. The first-order chi connectivity index (χ1) is 13.7. The summed E-state index contributed by atoms with van der Waals surface area (Å²) >= 11 is 0. The van der Waals surface area contributed by atoms with E-state index in [0.29, 0.717) is 5.92 Å². The fourth-order valence-corrected chi connectivity index (χ4v) is 4.14. The highest BCUT2D eigenvalue weighted by atomic mass is 16.6. The van der Waals surface area contributed by atoms with Crippen molar-refractivity contribution in [1.29, 1.82) is 0 Å². The molecule has 1 aliphatic heterocycles. The monoisotopic (exact) mass is 402 g/mol. The first kappa shape index (κ1) is 21.7. The number of ether oxygens (including phenoxy) is 3. The molecule has 0 unspecified atom stereocenters. The molecule has 3 rings (SSSR count). The third-order valence-corrected chi connectivity index (χ3v) is 5.53. The van der Waals surface area contributed by atoms with Crippen LogP contribution in [0.3, 0.4) is 0 Å². The van der Waals surface area contributed by atoms with Gasteiger partial charge in [0.1, 0.15) is 11.4 Å². The van der Waals surface area contributed by atoms with Crippen molar-refractivity contribution in [3.63, 3.8) is 0 Å². The molecule has 2 aromatic rings. The Hall–Kier alpha value is -2.05. The van der Waals surface area contributed by atoms with E-state index in [1.807, 2.05) is 39.8 Å². The van der Waals surface area contributed by atoms with Crippen LogP contribution in [0.15, 0.2) is 18.3 Å². The lowest BCUT2D eigenvalue weighted by molar-refractivity contribution is 0.0544. The number of methoxy groups -OCH3 is 2. The van der Waals surface area contributed by atoms with E-state index < -0.39 is 5.60 Å². The third-order valence-electron chi connectivity index (χ3n) is 5.53. The zero-order chi connectivity index (χ0) is 21.2. The summed E-state index contributed by atoms with van der Waals surface area (Å²) in [5.41, 5.74) is 2.48. The third kappa shape index (κ3) is 4.93. The second-order valence-corrected chi connectivity index (χ2v) is 8.98. The Labute approximate surface area is 173 Å². The fraction of sp³-hybridized carbons (Fsp3) is 0.609. The van der Waals surface area contributed by atoms with E-state index in [-0.39, 0.29) is 6.09 Å². The topological polar surface area (TPSA) is 52.9 Å². The maximum atomic E-state index is 12.7. The summed E-state index contributed by atoms with van der Waals surface area (Å²) in [5, 5.41) is 1.05. The molecule has 0 atom stereocenters. The zero-order valence-electron chi connectivity index (χ0n) is 18.6. The van der Waals surface area contributed by atoms with Crippen molar-refractivity contribution >= 4 is 17.0 Å². The number of aromatic nitrogens is 1. The number of likely N-dealkylation sites (tertiary alicyclic amines) is 1. The van der Waals surface area contributed by atoms with E-state index in [1.165, 1.54) is 0 Å². The molecule has 0 N–H and O–H groups in total. The van der Waals surface area contributed by atoms with E-state index in [4.69, 9.17) is 14.2 Å². The van der Waals surface area contributed by atoms with Gasteiger partial charge in [0.05, 0.1) is 12.6 Å². The molecule has 1 aromatic carbocycles. The van der Waals surface area contributed by atoms with Crippen LogP contribution < -0.4 is 4.74 Å². The molecule has 1 saturated heterocycles. The predicted molar refractivity (Wildman–Crippen MR) is 115 cm³/mol. The Morgan fingerprint density at radius 2 is 1.90 bits per heavy atom. The number of aryl methyl sites for hydroxylation is 1. The molecule has 1 aromatic heterocycles. The fourth-order valence-electron chi connectivity index (χ4n) is 4.14. The van der Waals surface area contributed by atoms with Crippen molar-refractivity contribution in [1.82, 2.24) is 9.47 Å².